The third-order valence-electron chi connectivity index (χ3n) is 2.48. The lowest BCUT2D eigenvalue weighted by Crippen LogP contribution is -1.98. The van der Waals surface area contributed by atoms with Crippen LogP contribution in [0.25, 0.3) is 0 Å². The molecule has 4 nitrogen and oxygen atoms in total. The minimum absolute atomic E-state index is 0.515. The van der Waals surface area contributed by atoms with Crippen molar-refractivity contribution < 1.29 is 5.11 Å². The second-order valence-corrected chi connectivity index (χ2v) is 4.00. The normalized spacial score (nSPS) is 13.0. The van der Waals surface area contributed by atoms with Gasteiger partial charge < -0.3 is 5.11 Å². The lowest BCUT2D eigenvalue weighted by Gasteiger charge is -2.00. The number of hydrogen-bond donors (Lipinski definition) is 1. The maximum atomic E-state index is 9.26. The van der Waals surface area contributed by atoms with Crippen LogP contribution in [0, 0.1) is 0 Å². The van der Waals surface area contributed by atoms with Gasteiger partial charge in [-0.3, -0.25) is 4.68 Å². The number of aromatic nitrogens is 3. The lowest BCUT2D eigenvalue weighted by atomic mass is 10.1. The Balaban J connectivity index is 2.20. The van der Waals surface area contributed by atoms with Crippen LogP contribution in [0.5, 0.6) is 0 Å². The number of rotatable bonds is 7. The topological polar surface area (TPSA) is 50.9 Å². The highest BCUT2D eigenvalue weighted by atomic mass is 16.3. The molecule has 1 rings (SSSR count). The van der Waals surface area contributed by atoms with Gasteiger partial charge in [0.2, 0.25) is 0 Å². The van der Waals surface area contributed by atoms with Crippen LogP contribution in [0.15, 0.2) is 6.20 Å². The van der Waals surface area contributed by atoms with Crippen LogP contribution in [0.2, 0.25) is 0 Å². The van der Waals surface area contributed by atoms with Crippen LogP contribution < -0.4 is 0 Å². The van der Waals surface area contributed by atoms with Crippen molar-refractivity contribution in [1.29, 1.82) is 0 Å². The molecule has 0 bridgehead atoms. The summed E-state index contributed by atoms with van der Waals surface area (Å²) in [6.07, 6.45) is 7.59. The van der Waals surface area contributed by atoms with E-state index >= 15 is 0 Å². The van der Waals surface area contributed by atoms with E-state index in [9.17, 15) is 5.11 Å². The van der Waals surface area contributed by atoms with E-state index in [0.717, 1.165) is 13.0 Å². The third-order valence-corrected chi connectivity index (χ3v) is 2.48. The van der Waals surface area contributed by atoms with Gasteiger partial charge in [0.15, 0.2) is 0 Å². The minimum Gasteiger partial charge on any atom is -0.387 e. The van der Waals surface area contributed by atoms with Crippen LogP contribution in [-0.2, 0) is 6.54 Å². The van der Waals surface area contributed by atoms with Crippen LogP contribution in [0.1, 0.15) is 57.7 Å². The highest BCUT2D eigenvalue weighted by molar-refractivity contribution is 4.95. The Hall–Kier alpha value is -0.900. The standard InChI is InChI=1S/C11H21N3O/c1-3-4-5-6-7-8-14-9-11(10(2)15)12-13-14/h9-10,15H,3-8H2,1-2H3. The van der Waals surface area contributed by atoms with Crippen LogP contribution >= 0.6 is 0 Å². The monoisotopic (exact) mass is 211 g/mol. The van der Waals surface area contributed by atoms with E-state index in [1.807, 2.05) is 10.9 Å². The molecule has 1 atom stereocenters. The van der Waals surface area contributed by atoms with E-state index in [1.165, 1.54) is 25.7 Å². The average Bonchev–Trinajstić information content (AvgIpc) is 2.66. The van der Waals surface area contributed by atoms with Gasteiger partial charge in [0.05, 0.1) is 12.3 Å². The average molecular weight is 211 g/mol. The van der Waals surface area contributed by atoms with Gasteiger partial charge in [-0.05, 0) is 13.3 Å². The Kier molecular flexibility index (Phi) is 5.32. The van der Waals surface area contributed by atoms with E-state index in [-0.39, 0.29) is 0 Å². The largest absolute Gasteiger partial charge is 0.387 e. The molecule has 4 heteroatoms. The van der Waals surface area contributed by atoms with E-state index in [4.69, 9.17) is 0 Å². The van der Waals surface area contributed by atoms with Crippen molar-refractivity contribution in [3.63, 3.8) is 0 Å². The first-order chi connectivity index (χ1) is 7.24. The molecule has 86 valence electrons. The molecule has 0 aliphatic heterocycles. The molecule has 1 N–H and O–H groups in total. The molecule has 0 aliphatic rings. The summed E-state index contributed by atoms with van der Waals surface area (Å²) in [6.45, 7) is 4.82. The number of hydrogen-bond acceptors (Lipinski definition) is 3. The number of nitrogens with zero attached hydrogens (tertiary/aromatic N) is 3. The van der Waals surface area contributed by atoms with Gasteiger partial charge in [-0.25, -0.2) is 0 Å². The zero-order valence-corrected chi connectivity index (χ0v) is 9.69. The van der Waals surface area contributed by atoms with Gasteiger partial charge in [0.25, 0.3) is 0 Å². The van der Waals surface area contributed by atoms with E-state index in [0.29, 0.717) is 5.69 Å². The highest BCUT2D eigenvalue weighted by Gasteiger charge is 2.05. The van der Waals surface area contributed by atoms with Crippen molar-refractivity contribution in [1.82, 2.24) is 15.0 Å². The van der Waals surface area contributed by atoms with Crippen molar-refractivity contribution in [2.45, 2.75) is 58.6 Å². The first kappa shape index (κ1) is 12.2. The van der Waals surface area contributed by atoms with E-state index in [1.54, 1.807) is 6.92 Å². The van der Waals surface area contributed by atoms with Crippen LogP contribution in [-0.4, -0.2) is 20.1 Å². The molecule has 0 saturated carbocycles. The Morgan fingerprint density at radius 2 is 2.07 bits per heavy atom. The Morgan fingerprint density at radius 3 is 2.67 bits per heavy atom. The first-order valence-corrected chi connectivity index (χ1v) is 5.82. The Labute approximate surface area is 91.3 Å². The van der Waals surface area contributed by atoms with Gasteiger partial charge >= 0.3 is 0 Å². The molecule has 0 aliphatic carbocycles. The van der Waals surface area contributed by atoms with Gasteiger partial charge in [-0.15, -0.1) is 5.10 Å². The summed E-state index contributed by atoms with van der Waals surface area (Å²) in [5.74, 6) is 0. The van der Waals surface area contributed by atoms with Crippen molar-refractivity contribution in [2.75, 3.05) is 0 Å². The fourth-order valence-electron chi connectivity index (χ4n) is 1.49. The van der Waals surface area contributed by atoms with Crippen molar-refractivity contribution in [3.05, 3.63) is 11.9 Å². The van der Waals surface area contributed by atoms with E-state index in [2.05, 4.69) is 17.2 Å². The smallest absolute Gasteiger partial charge is 0.111 e. The number of unbranched alkanes of at least 4 members (excludes halogenated alkanes) is 4. The van der Waals surface area contributed by atoms with Gasteiger partial charge in [-0.1, -0.05) is 37.8 Å². The van der Waals surface area contributed by atoms with Crippen LogP contribution in [0.4, 0.5) is 0 Å². The predicted molar refractivity (Wildman–Crippen MR) is 59.4 cm³/mol. The lowest BCUT2D eigenvalue weighted by molar-refractivity contribution is 0.194. The predicted octanol–water partition coefficient (Wildman–Crippen LogP) is 2.30. The zero-order valence-electron chi connectivity index (χ0n) is 9.69. The Bertz CT molecular complexity index is 271. The summed E-state index contributed by atoms with van der Waals surface area (Å²) in [7, 11) is 0. The second-order valence-electron chi connectivity index (χ2n) is 4.00. The first-order valence-electron chi connectivity index (χ1n) is 5.82. The second kappa shape index (κ2) is 6.56. The molecule has 0 radical (unpaired) electrons. The number of aliphatic hydroxyl groups excluding tert-OH is 1. The third kappa shape index (κ3) is 4.42. The molecule has 1 aromatic rings. The maximum absolute atomic E-state index is 9.26. The fraction of sp³-hybridized carbons (Fsp3) is 0.818. The zero-order chi connectivity index (χ0) is 11.1. The molecule has 0 saturated heterocycles. The molecule has 1 heterocycles. The summed E-state index contributed by atoms with van der Waals surface area (Å²) in [4.78, 5) is 0. The number of aliphatic hydroxyl groups is 1. The molecule has 15 heavy (non-hydrogen) atoms. The van der Waals surface area contributed by atoms with Gasteiger partial charge in [0.1, 0.15) is 5.69 Å². The van der Waals surface area contributed by atoms with Crippen molar-refractivity contribution >= 4 is 0 Å². The van der Waals surface area contributed by atoms with Gasteiger partial charge in [0, 0.05) is 6.54 Å². The summed E-state index contributed by atoms with van der Waals surface area (Å²) < 4.78 is 1.81. The van der Waals surface area contributed by atoms with Crippen molar-refractivity contribution in [2.24, 2.45) is 0 Å². The molecule has 1 unspecified atom stereocenters. The number of aryl methyl sites for hydroxylation is 1. The van der Waals surface area contributed by atoms with Gasteiger partial charge in [-0.2, -0.15) is 0 Å². The van der Waals surface area contributed by atoms with E-state index < -0.39 is 6.10 Å². The molecule has 0 fully saturated rings. The summed E-state index contributed by atoms with van der Waals surface area (Å²) in [5.41, 5.74) is 0.656. The van der Waals surface area contributed by atoms with Crippen LogP contribution in [0.3, 0.4) is 0 Å². The maximum Gasteiger partial charge on any atom is 0.111 e. The SMILES string of the molecule is CCCCCCCn1cc(C(C)O)nn1. The van der Waals surface area contributed by atoms with Crippen molar-refractivity contribution in [3.8, 4) is 0 Å². The molecule has 1 aromatic heterocycles. The highest BCUT2D eigenvalue weighted by Crippen LogP contribution is 2.08. The fourth-order valence-corrected chi connectivity index (χ4v) is 1.49. The molecule has 0 amide bonds. The minimum atomic E-state index is -0.515. The Morgan fingerprint density at radius 1 is 1.33 bits per heavy atom. The quantitative estimate of drug-likeness (QED) is 0.704. The summed E-state index contributed by atoms with van der Waals surface area (Å²) in [5, 5.41) is 17.1. The molecular weight excluding hydrogens is 190 g/mol. The summed E-state index contributed by atoms with van der Waals surface area (Å²) in [6, 6.07) is 0. The molecule has 0 spiro atoms. The molecule has 0 aromatic carbocycles. The summed E-state index contributed by atoms with van der Waals surface area (Å²) >= 11 is 0. The molecular formula is C11H21N3O.